The van der Waals surface area contributed by atoms with Crippen LogP contribution in [0.5, 0.6) is 5.75 Å². The van der Waals surface area contributed by atoms with Gasteiger partial charge in [0.25, 0.3) is 0 Å². The summed E-state index contributed by atoms with van der Waals surface area (Å²) < 4.78 is 6.71. The van der Waals surface area contributed by atoms with Crippen LogP contribution in [0.15, 0.2) is 34.8 Å². The molecule has 4 heteroatoms. The number of halogens is 1. The summed E-state index contributed by atoms with van der Waals surface area (Å²) in [5, 5.41) is 0. The first-order chi connectivity index (χ1) is 8.56. The van der Waals surface area contributed by atoms with E-state index in [2.05, 4.69) is 20.9 Å². The highest BCUT2D eigenvalue weighted by Crippen LogP contribution is 2.30. The van der Waals surface area contributed by atoms with Crippen molar-refractivity contribution in [2.24, 2.45) is 0 Å². The summed E-state index contributed by atoms with van der Waals surface area (Å²) in [5.41, 5.74) is 9.47. The van der Waals surface area contributed by atoms with E-state index in [-0.39, 0.29) is 0 Å². The van der Waals surface area contributed by atoms with Crippen molar-refractivity contribution in [3.63, 3.8) is 0 Å². The molecule has 1 aromatic heterocycles. The number of benzene rings is 1. The van der Waals surface area contributed by atoms with Crippen LogP contribution in [0.1, 0.15) is 17.0 Å². The van der Waals surface area contributed by atoms with Crippen molar-refractivity contribution in [1.29, 1.82) is 0 Å². The molecule has 0 fully saturated rings. The average molecular weight is 307 g/mol. The molecule has 0 radical (unpaired) electrons. The van der Waals surface area contributed by atoms with E-state index in [4.69, 9.17) is 10.5 Å². The largest absolute Gasteiger partial charge is 0.485 e. The normalized spacial score (nSPS) is 10.4. The maximum atomic E-state index is 5.94. The van der Waals surface area contributed by atoms with Crippen molar-refractivity contribution < 1.29 is 4.74 Å². The molecule has 0 saturated carbocycles. The van der Waals surface area contributed by atoms with E-state index < -0.39 is 0 Å². The molecule has 1 aromatic carbocycles. The van der Waals surface area contributed by atoms with Crippen LogP contribution >= 0.6 is 15.9 Å². The van der Waals surface area contributed by atoms with Crippen LogP contribution in [0.2, 0.25) is 0 Å². The Morgan fingerprint density at radius 1 is 1.28 bits per heavy atom. The minimum Gasteiger partial charge on any atom is -0.485 e. The Bertz CT molecular complexity index is 546. The molecule has 2 rings (SSSR count). The number of hydrogen-bond donors (Lipinski definition) is 1. The summed E-state index contributed by atoms with van der Waals surface area (Å²) in [4.78, 5) is 4.39. The van der Waals surface area contributed by atoms with Crippen LogP contribution < -0.4 is 10.5 Å². The lowest BCUT2D eigenvalue weighted by atomic mass is 10.2. The van der Waals surface area contributed by atoms with Gasteiger partial charge in [0.2, 0.25) is 0 Å². The number of ether oxygens (including phenoxy) is 1. The van der Waals surface area contributed by atoms with Crippen molar-refractivity contribution in [3.05, 3.63) is 51.8 Å². The van der Waals surface area contributed by atoms with Gasteiger partial charge in [-0.15, -0.1) is 0 Å². The molecular weight excluding hydrogens is 292 g/mol. The topological polar surface area (TPSA) is 48.1 Å². The molecule has 0 aliphatic rings. The third-order valence-electron chi connectivity index (χ3n) is 2.58. The van der Waals surface area contributed by atoms with Gasteiger partial charge in [-0.25, -0.2) is 0 Å². The number of nitrogen functional groups attached to an aromatic ring is 1. The second kappa shape index (κ2) is 5.40. The Kier molecular flexibility index (Phi) is 3.87. The molecule has 0 saturated heterocycles. The van der Waals surface area contributed by atoms with E-state index in [0.717, 1.165) is 27.2 Å². The Labute approximate surface area is 115 Å². The van der Waals surface area contributed by atoms with Crippen LogP contribution in [0.3, 0.4) is 0 Å². The molecule has 0 bridgehead atoms. The quantitative estimate of drug-likeness (QED) is 0.881. The SMILES string of the molecule is Cc1cccc(COc2c(C)cc(Br)cc2N)n1. The summed E-state index contributed by atoms with van der Waals surface area (Å²) >= 11 is 3.40. The molecule has 0 aliphatic carbocycles. The van der Waals surface area contributed by atoms with Crippen molar-refractivity contribution in [2.45, 2.75) is 20.5 Å². The van der Waals surface area contributed by atoms with E-state index >= 15 is 0 Å². The van der Waals surface area contributed by atoms with Crippen LogP contribution in [0, 0.1) is 13.8 Å². The maximum absolute atomic E-state index is 5.94. The lowest BCUT2D eigenvalue weighted by Gasteiger charge is -2.12. The van der Waals surface area contributed by atoms with Gasteiger partial charge < -0.3 is 10.5 Å². The van der Waals surface area contributed by atoms with Gasteiger partial charge in [-0.05, 0) is 43.7 Å². The van der Waals surface area contributed by atoms with Crippen LogP contribution in [-0.2, 0) is 6.61 Å². The Balaban J connectivity index is 2.16. The van der Waals surface area contributed by atoms with Gasteiger partial charge in [0.15, 0.2) is 0 Å². The molecule has 0 amide bonds. The predicted octanol–water partition coefficient (Wildman–Crippen LogP) is 3.62. The first-order valence-corrected chi connectivity index (χ1v) is 6.46. The van der Waals surface area contributed by atoms with E-state index in [9.17, 15) is 0 Å². The molecule has 0 unspecified atom stereocenters. The molecule has 1 heterocycles. The van der Waals surface area contributed by atoms with Gasteiger partial charge >= 0.3 is 0 Å². The van der Waals surface area contributed by atoms with Gasteiger partial charge in [-0.1, -0.05) is 22.0 Å². The fraction of sp³-hybridized carbons (Fsp3) is 0.214. The minimum absolute atomic E-state index is 0.425. The summed E-state index contributed by atoms with van der Waals surface area (Å²) in [5.74, 6) is 0.724. The highest BCUT2D eigenvalue weighted by atomic mass is 79.9. The van der Waals surface area contributed by atoms with E-state index in [1.165, 1.54) is 0 Å². The number of nitrogens with two attached hydrogens (primary N) is 1. The van der Waals surface area contributed by atoms with Gasteiger partial charge in [-0.2, -0.15) is 0 Å². The second-order valence-corrected chi connectivity index (χ2v) is 5.12. The number of aryl methyl sites for hydroxylation is 2. The fourth-order valence-electron chi connectivity index (χ4n) is 1.78. The number of hydrogen-bond acceptors (Lipinski definition) is 3. The third kappa shape index (κ3) is 3.01. The summed E-state index contributed by atoms with van der Waals surface area (Å²) in [7, 11) is 0. The van der Waals surface area contributed by atoms with E-state index in [1.54, 1.807) is 0 Å². The minimum atomic E-state index is 0.425. The first kappa shape index (κ1) is 12.9. The van der Waals surface area contributed by atoms with Crippen molar-refractivity contribution in [3.8, 4) is 5.75 Å². The summed E-state index contributed by atoms with van der Waals surface area (Å²) in [6.07, 6.45) is 0. The maximum Gasteiger partial charge on any atom is 0.145 e. The van der Waals surface area contributed by atoms with E-state index in [0.29, 0.717) is 12.3 Å². The third-order valence-corrected chi connectivity index (χ3v) is 3.04. The van der Waals surface area contributed by atoms with Crippen LogP contribution in [0.25, 0.3) is 0 Å². The Hall–Kier alpha value is -1.55. The molecule has 18 heavy (non-hydrogen) atoms. The lowest BCUT2D eigenvalue weighted by molar-refractivity contribution is 0.300. The molecule has 94 valence electrons. The number of pyridine rings is 1. The number of nitrogens with zero attached hydrogens (tertiary/aromatic N) is 1. The molecule has 2 N–H and O–H groups in total. The first-order valence-electron chi connectivity index (χ1n) is 5.67. The van der Waals surface area contributed by atoms with Gasteiger partial charge in [-0.3, -0.25) is 4.98 Å². The Morgan fingerprint density at radius 2 is 2.06 bits per heavy atom. The Morgan fingerprint density at radius 3 is 2.72 bits per heavy atom. The zero-order chi connectivity index (χ0) is 13.1. The molecule has 0 spiro atoms. The molecule has 2 aromatic rings. The number of aromatic nitrogens is 1. The highest BCUT2D eigenvalue weighted by Gasteiger charge is 2.07. The number of anilines is 1. The molecular formula is C14H15BrN2O. The average Bonchev–Trinajstić information content (AvgIpc) is 2.27. The van der Waals surface area contributed by atoms with Gasteiger partial charge in [0.1, 0.15) is 12.4 Å². The summed E-state index contributed by atoms with van der Waals surface area (Å²) in [6, 6.07) is 9.69. The monoisotopic (exact) mass is 306 g/mol. The smallest absolute Gasteiger partial charge is 0.145 e. The second-order valence-electron chi connectivity index (χ2n) is 4.20. The lowest BCUT2D eigenvalue weighted by Crippen LogP contribution is -2.02. The molecule has 0 aliphatic heterocycles. The van der Waals surface area contributed by atoms with E-state index in [1.807, 2.05) is 44.2 Å². The zero-order valence-electron chi connectivity index (χ0n) is 10.4. The standard InChI is InChI=1S/C14H15BrN2O/c1-9-6-11(15)7-13(16)14(9)18-8-12-5-3-4-10(2)17-12/h3-7H,8,16H2,1-2H3. The zero-order valence-corrected chi connectivity index (χ0v) is 12.0. The van der Waals surface area contributed by atoms with Crippen molar-refractivity contribution in [2.75, 3.05) is 5.73 Å². The fourth-order valence-corrected chi connectivity index (χ4v) is 2.37. The summed E-state index contributed by atoms with van der Waals surface area (Å²) in [6.45, 7) is 4.36. The van der Waals surface area contributed by atoms with Gasteiger partial charge in [0.05, 0.1) is 11.4 Å². The highest BCUT2D eigenvalue weighted by molar-refractivity contribution is 9.10. The molecule has 0 atom stereocenters. The van der Waals surface area contributed by atoms with Crippen LogP contribution in [0.4, 0.5) is 5.69 Å². The van der Waals surface area contributed by atoms with Crippen molar-refractivity contribution >= 4 is 21.6 Å². The predicted molar refractivity (Wildman–Crippen MR) is 76.6 cm³/mol. The van der Waals surface area contributed by atoms with Crippen molar-refractivity contribution in [1.82, 2.24) is 4.98 Å². The molecule has 3 nitrogen and oxygen atoms in total. The van der Waals surface area contributed by atoms with Gasteiger partial charge in [0, 0.05) is 10.2 Å². The number of rotatable bonds is 3. The van der Waals surface area contributed by atoms with Crippen LogP contribution in [-0.4, -0.2) is 4.98 Å².